The monoisotopic (exact) mass is 440 g/mol. The van der Waals surface area contributed by atoms with Gasteiger partial charge in [0.1, 0.15) is 11.5 Å². The van der Waals surface area contributed by atoms with Crippen molar-refractivity contribution < 1.29 is 19.1 Å². The molecule has 172 valence electrons. The third kappa shape index (κ3) is 4.59. The number of fused-ring (bicyclic) bond motifs is 5. The Morgan fingerprint density at radius 1 is 1.06 bits per heavy atom. The highest BCUT2D eigenvalue weighted by Gasteiger charge is 2.58. The van der Waals surface area contributed by atoms with Crippen molar-refractivity contribution in [2.75, 3.05) is 39.9 Å². The smallest absolute Gasteiger partial charge is 0.233 e. The Morgan fingerprint density at radius 3 is 2.34 bits per heavy atom. The Labute approximate surface area is 189 Å². The first-order valence-corrected chi connectivity index (χ1v) is 11.4. The van der Waals surface area contributed by atoms with E-state index in [0.717, 1.165) is 30.9 Å². The molecule has 2 amide bonds. The molecule has 0 aromatic heterocycles. The van der Waals surface area contributed by atoms with Crippen LogP contribution in [-0.2, 0) is 9.59 Å². The third-order valence-electron chi connectivity index (χ3n) is 6.43. The van der Waals surface area contributed by atoms with E-state index in [-0.39, 0.29) is 35.5 Å². The zero-order chi connectivity index (χ0) is 22.5. The summed E-state index contributed by atoms with van der Waals surface area (Å²) in [5.74, 6) is 2.50. The van der Waals surface area contributed by atoms with Gasteiger partial charge in [-0.05, 0) is 49.4 Å². The summed E-state index contributed by atoms with van der Waals surface area (Å²) in [7, 11) is 1.64. The summed E-state index contributed by atoms with van der Waals surface area (Å²) in [6.45, 7) is 4.75. The molecule has 1 aromatic carbocycles. The van der Waals surface area contributed by atoms with Crippen LogP contribution >= 0.6 is 0 Å². The van der Waals surface area contributed by atoms with Crippen LogP contribution in [0.25, 0.3) is 0 Å². The van der Waals surface area contributed by atoms with Crippen LogP contribution in [0.4, 0.5) is 0 Å². The quantitative estimate of drug-likeness (QED) is 0.190. The molecule has 2 N–H and O–H groups in total. The number of guanidine groups is 1. The van der Waals surface area contributed by atoms with Gasteiger partial charge < -0.3 is 20.1 Å². The Morgan fingerprint density at radius 2 is 1.72 bits per heavy atom. The van der Waals surface area contributed by atoms with Crippen molar-refractivity contribution in [2.45, 2.75) is 19.8 Å². The predicted octanol–water partition coefficient (Wildman–Crippen LogP) is 1.83. The highest BCUT2D eigenvalue weighted by atomic mass is 16.5. The molecule has 3 aliphatic rings. The number of allylic oxidation sites excluding steroid dienone is 2. The van der Waals surface area contributed by atoms with Gasteiger partial charge in [-0.1, -0.05) is 12.2 Å². The fraction of sp³-hybridized carbons (Fsp3) is 0.542. The number of hydrogen-bond acceptors (Lipinski definition) is 5. The van der Waals surface area contributed by atoms with Gasteiger partial charge in [-0.15, -0.1) is 0 Å². The van der Waals surface area contributed by atoms with Gasteiger partial charge in [0.2, 0.25) is 11.8 Å². The number of nitrogens with one attached hydrogen (secondary N) is 2. The largest absolute Gasteiger partial charge is 0.497 e. The van der Waals surface area contributed by atoms with Crippen molar-refractivity contribution in [3.63, 3.8) is 0 Å². The number of amides is 2. The van der Waals surface area contributed by atoms with Crippen molar-refractivity contribution >= 4 is 17.8 Å². The molecule has 2 aliphatic carbocycles. The summed E-state index contributed by atoms with van der Waals surface area (Å²) in [5, 5.41) is 6.44. The molecule has 32 heavy (non-hydrogen) atoms. The van der Waals surface area contributed by atoms with Gasteiger partial charge in [0.25, 0.3) is 0 Å². The second kappa shape index (κ2) is 10.1. The summed E-state index contributed by atoms with van der Waals surface area (Å²) in [6, 6.07) is 7.49. The second-order valence-corrected chi connectivity index (χ2v) is 8.39. The van der Waals surface area contributed by atoms with Crippen LogP contribution in [0.2, 0.25) is 0 Å². The molecule has 2 bridgehead atoms. The van der Waals surface area contributed by atoms with Gasteiger partial charge in [0.15, 0.2) is 5.96 Å². The molecule has 1 saturated heterocycles. The summed E-state index contributed by atoms with van der Waals surface area (Å²) >= 11 is 0. The Bertz CT molecular complexity index is 852. The van der Waals surface area contributed by atoms with Gasteiger partial charge in [0, 0.05) is 32.6 Å². The van der Waals surface area contributed by atoms with E-state index in [0.29, 0.717) is 32.2 Å². The molecular formula is C24H32N4O4. The second-order valence-electron chi connectivity index (χ2n) is 8.39. The van der Waals surface area contributed by atoms with E-state index in [1.165, 1.54) is 4.90 Å². The SMILES string of the molecule is CCNC(=NCCCOc1ccc(OC)cc1)NCCN1C(=O)C2C3C=CC(C3)C2C1=O. The van der Waals surface area contributed by atoms with Crippen LogP contribution in [0, 0.1) is 23.7 Å². The molecule has 0 radical (unpaired) electrons. The van der Waals surface area contributed by atoms with Gasteiger partial charge in [-0.25, -0.2) is 0 Å². The normalized spacial score (nSPS) is 25.9. The Balaban J connectivity index is 1.19. The predicted molar refractivity (Wildman–Crippen MR) is 122 cm³/mol. The van der Waals surface area contributed by atoms with E-state index >= 15 is 0 Å². The zero-order valence-corrected chi connectivity index (χ0v) is 18.8. The minimum Gasteiger partial charge on any atom is -0.497 e. The topological polar surface area (TPSA) is 92.3 Å². The highest BCUT2D eigenvalue weighted by Crippen LogP contribution is 2.52. The van der Waals surface area contributed by atoms with Crippen LogP contribution in [-0.4, -0.2) is 62.6 Å². The minimum atomic E-state index is -0.134. The average Bonchev–Trinajstić information content (AvgIpc) is 3.49. The maximum Gasteiger partial charge on any atom is 0.233 e. The summed E-state index contributed by atoms with van der Waals surface area (Å²) in [5.41, 5.74) is 0. The van der Waals surface area contributed by atoms with E-state index in [9.17, 15) is 9.59 Å². The molecule has 8 nitrogen and oxygen atoms in total. The lowest BCUT2D eigenvalue weighted by Crippen LogP contribution is -2.43. The van der Waals surface area contributed by atoms with E-state index in [1.807, 2.05) is 31.2 Å². The van der Waals surface area contributed by atoms with Gasteiger partial charge in [-0.3, -0.25) is 19.5 Å². The molecule has 1 saturated carbocycles. The van der Waals surface area contributed by atoms with Crippen molar-refractivity contribution in [3.05, 3.63) is 36.4 Å². The number of carbonyl (C=O) groups is 2. The number of methoxy groups -OCH3 is 1. The highest BCUT2D eigenvalue weighted by molar-refractivity contribution is 6.06. The fourth-order valence-corrected chi connectivity index (χ4v) is 4.93. The van der Waals surface area contributed by atoms with Gasteiger partial charge in [0.05, 0.1) is 25.6 Å². The molecule has 0 spiro atoms. The lowest BCUT2D eigenvalue weighted by atomic mass is 9.85. The number of carbonyl (C=O) groups excluding carboxylic acids is 2. The number of hydrogen-bond donors (Lipinski definition) is 2. The molecule has 2 fully saturated rings. The summed E-state index contributed by atoms with van der Waals surface area (Å²) in [4.78, 5) is 31.5. The number of rotatable bonds is 10. The van der Waals surface area contributed by atoms with Gasteiger partial charge >= 0.3 is 0 Å². The number of nitrogens with zero attached hydrogens (tertiary/aromatic N) is 2. The number of likely N-dealkylation sites (tertiary alicyclic amines) is 1. The number of aliphatic imine (C=N–C) groups is 1. The lowest BCUT2D eigenvalue weighted by Gasteiger charge is -2.18. The van der Waals surface area contributed by atoms with Crippen LogP contribution in [0.5, 0.6) is 11.5 Å². The van der Waals surface area contributed by atoms with Crippen molar-refractivity contribution in [1.29, 1.82) is 0 Å². The molecule has 1 aromatic rings. The van der Waals surface area contributed by atoms with Crippen molar-refractivity contribution in [1.82, 2.24) is 15.5 Å². The maximum atomic E-state index is 12.8. The fourth-order valence-electron chi connectivity index (χ4n) is 4.93. The zero-order valence-electron chi connectivity index (χ0n) is 18.8. The van der Waals surface area contributed by atoms with Crippen LogP contribution < -0.4 is 20.1 Å². The molecule has 1 heterocycles. The number of benzene rings is 1. The molecule has 4 atom stereocenters. The van der Waals surface area contributed by atoms with E-state index in [1.54, 1.807) is 7.11 Å². The molecule has 1 aliphatic heterocycles. The van der Waals surface area contributed by atoms with Crippen LogP contribution in [0.1, 0.15) is 19.8 Å². The third-order valence-corrected chi connectivity index (χ3v) is 6.43. The standard InChI is InChI=1S/C24H32N4O4/c1-3-25-24(26-11-4-14-32-19-9-7-18(31-2)8-10-19)27-12-13-28-22(29)20-16-5-6-17(15-16)21(20)23(28)30/h5-10,16-17,20-21H,3-4,11-15H2,1-2H3,(H2,25,26,27). The van der Waals surface area contributed by atoms with Gasteiger partial charge in [-0.2, -0.15) is 0 Å². The molecule has 4 unspecified atom stereocenters. The van der Waals surface area contributed by atoms with Crippen LogP contribution in [0.15, 0.2) is 41.4 Å². The summed E-state index contributed by atoms with van der Waals surface area (Å²) in [6.07, 6.45) is 5.96. The van der Waals surface area contributed by atoms with E-state index < -0.39 is 0 Å². The number of imide groups is 1. The summed E-state index contributed by atoms with van der Waals surface area (Å²) < 4.78 is 10.9. The van der Waals surface area contributed by atoms with E-state index in [4.69, 9.17) is 9.47 Å². The van der Waals surface area contributed by atoms with Crippen molar-refractivity contribution in [3.8, 4) is 11.5 Å². The maximum absolute atomic E-state index is 12.8. The van der Waals surface area contributed by atoms with Crippen molar-refractivity contribution in [2.24, 2.45) is 28.7 Å². The average molecular weight is 441 g/mol. The lowest BCUT2D eigenvalue weighted by molar-refractivity contribution is -0.140. The minimum absolute atomic E-state index is 0.00345. The Kier molecular flexibility index (Phi) is 6.97. The number of ether oxygens (including phenoxy) is 2. The first kappa shape index (κ1) is 22.2. The molecule has 8 heteroatoms. The molecule has 4 rings (SSSR count). The van der Waals surface area contributed by atoms with E-state index in [2.05, 4.69) is 27.8 Å². The Hall–Kier alpha value is -3.03. The van der Waals surface area contributed by atoms with Crippen LogP contribution in [0.3, 0.4) is 0 Å². The molecular weight excluding hydrogens is 408 g/mol. The first-order chi connectivity index (χ1) is 15.6. The first-order valence-electron chi connectivity index (χ1n) is 11.4.